The van der Waals surface area contributed by atoms with Crippen molar-refractivity contribution in [3.63, 3.8) is 0 Å². The minimum absolute atomic E-state index is 0.762. The van der Waals surface area contributed by atoms with Gasteiger partial charge < -0.3 is 10.1 Å². The third-order valence-corrected chi connectivity index (χ3v) is 3.38. The molecule has 0 aliphatic carbocycles. The SMILES string of the molecule is COc1ccc(CCNc2ncnc3c(C)[nH]nc23)cc1. The van der Waals surface area contributed by atoms with Crippen molar-refractivity contribution in [3.8, 4) is 5.75 Å². The highest BCUT2D eigenvalue weighted by Crippen LogP contribution is 2.18. The summed E-state index contributed by atoms with van der Waals surface area (Å²) in [6, 6.07) is 8.06. The molecule has 0 aliphatic rings. The first-order chi connectivity index (χ1) is 10.3. The van der Waals surface area contributed by atoms with Crippen molar-refractivity contribution in [2.75, 3.05) is 19.0 Å². The summed E-state index contributed by atoms with van der Waals surface area (Å²) >= 11 is 0. The normalized spacial score (nSPS) is 10.8. The molecule has 2 N–H and O–H groups in total. The molecule has 2 aromatic heterocycles. The number of hydrogen-bond acceptors (Lipinski definition) is 5. The first-order valence-corrected chi connectivity index (χ1v) is 6.80. The van der Waals surface area contributed by atoms with Gasteiger partial charge in [0.05, 0.1) is 12.8 Å². The second kappa shape index (κ2) is 5.78. The minimum Gasteiger partial charge on any atom is -0.497 e. The van der Waals surface area contributed by atoms with E-state index >= 15 is 0 Å². The standard InChI is InChI=1S/C15H17N5O/c1-10-13-14(20-19-10)15(18-9-17-13)16-8-7-11-3-5-12(21-2)6-4-11/h3-6,9H,7-8H2,1-2H3,(H,19,20)(H,16,17,18). The second-order valence-electron chi connectivity index (χ2n) is 4.79. The number of hydrogen-bond donors (Lipinski definition) is 2. The first kappa shape index (κ1) is 13.4. The molecule has 21 heavy (non-hydrogen) atoms. The van der Waals surface area contributed by atoms with Gasteiger partial charge in [0.2, 0.25) is 0 Å². The van der Waals surface area contributed by atoms with E-state index in [0.29, 0.717) is 0 Å². The van der Waals surface area contributed by atoms with Crippen LogP contribution in [0.1, 0.15) is 11.3 Å². The number of anilines is 1. The Labute approximate surface area is 122 Å². The average Bonchev–Trinajstić information content (AvgIpc) is 2.91. The minimum atomic E-state index is 0.762. The lowest BCUT2D eigenvalue weighted by molar-refractivity contribution is 0.414. The van der Waals surface area contributed by atoms with E-state index in [1.54, 1.807) is 13.4 Å². The monoisotopic (exact) mass is 283 g/mol. The van der Waals surface area contributed by atoms with Gasteiger partial charge >= 0.3 is 0 Å². The van der Waals surface area contributed by atoms with E-state index in [2.05, 4.69) is 37.6 Å². The van der Waals surface area contributed by atoms with E-state index in [0.717, 1.165) is 41.3 Å². The predicted octanol–water partition coefficient (Wildman–Crippen LogP) is 2.32. The fourth-order valence-electron chi connectivity index (χ4n) is 2.20. The lowest BCUT2D eigenvalue weighted by Crippen LogP contribution is -2.07. The molecule has 6 heteroatoms. The molecular formula is C15H17N5O. The van der Waals surface area contributed by atoms with Crippen molar-refractivity contribution in [2.24, 2.45) is 0 Å². The maximum Gasteiger partial charge on any atom is 0.157 e. The summed E-state index contributed by atoms with van der Waals surface area (Å²) in [5, 5.41) is 10.5. The van der Waals surface area contributed by atoms with Crippen LogP contribution in [-0.4, -0.2) is 33.8 Å². The maximum absolute atomic E-state index is 5.15. The van der Waals surface area contributed by atoms with Gasteiger partial charge in [0.1, 0.15) is 17.6 Å². The van der Waals surface area contributed by atoms with E-state index in [4.69, 9.17) is 4.74 Å². The molecule has 0 aliphatic heterocycles. The summed E-state index contributed by atoms with van der Waals surface area (Å²) in [5.41, 5.74) is 3.83. The highest BCUT2D eigenvalue weighted by molar-refractivity contribution is 5.86. The van der Waals surface area contributed by atoms with Crippen molar-refractivity contribution in [1.82, 2.24) is 20.2 Å². The number of nitrogens with one attached hydrogen (secondary N) is 2. The van der Waals surface area contributed by atoms with Crippen LogP contribution in [0, 0.1) is 6.92 Å². The van der Waals surface area contributed by atoms with Crippen LogP contribution < -0.4 is 10.1 Å². The lowest BCUT2D eigenvalue weighted by Gasteiger charge is -2.06. The van der Waals surface area contributed by atoms with Gasteiger partial charge in [-0.05, 0) is 31.0 Å². The van der Waals surface area contributed by atoms with Crippen LogP contribution in [0.15, 0.2) is 30.6 Å². The number of H-pyrrole nitrogens is 1. The van der Waals surface area contributed by atoms with Gasteiger partial charge in [0.25, 0.3) is 0 Å². The van der Waals surface area contributed by atoms with E-state index < -0.39 is 0 Å². The molecule has 2 heterocycles. The van der Waals surface area contributed by atoms with Crippen LogP contribution in [-0.2, 0) is 6.42 Å². The van der Waals surface area contributed by atoms with E-state index in [1.807, 2.05) is 19.1 Å². The smallest absolute Gasteiger partial charge is 0.157 e. The number of fused-ring (bicyclic) bond motifs is 1. The van der Waals surface area contributed by atoms with Crippen molar-refractivity contribution in [3.05, 3.63) is 41.9 Å². The van der Waals surface area contributed by atoms with Crippen LogP contribution >= 0.6 is 0 Å². The Bertz CT molecular complexity index is 735. The summed E-state index contributed by atoms with van der Waals surface area (Å²) in [5.74, 6) is 1.63. The third-order valence-electron chi connectivity index (χ3n) is 3.38. The molecule has 0 radical (unpaired) electrons. The van der Waals surface area contributed by atoms with Crippen LogP contribution in [0.25, 0.3) is 11.0 Å². The number of nitrogens with zero attached hydrogens (tertiary/aromatic N) is 3. The van der Waals surface area contributed by atoms with Crippen molar-refractivity contribution >= 4 is 16.9 Å². The molecule has 1 aromatic carbocycles. The third kappa shape index (κ3) is 2.79. The Balaban J connectivity index is 1.66. The van der Waals surface area contributed by atoms with Gasteiger partial charge in [-0.2, -0.15) is 5.10 Å². The fourth-order valence-corrected chi connectivity index (χ4v) is 2.20. The molecule has 3 rings (SSSR count). The molecule has 0 bridgehead atoms. The Morgan fingerprint density at radius 1 is 1.14 bits per heavy atom. The summed E-state index contributed by atoms with van der Waals surface area (Å²) in [6.45, 7) is 2.73. The van der Waals surface area contributed by atoms with Crippen LogP contribution in [0.2, 0.25) is 0 Å². The zero-order valence-corrected chi connectivity index (χ0v) is 12.1. The highest BCUT2D eigenvalue weighted by Gasteiger charge is 2.08. The number of aromatic nitrogens is 4. The maximum atomic E-state index is 5.15. The first-order valence-electron chi connectivity index (χ1n) is 6.80. The number of ether oxygens (including phenoxy) is 1. The number of rotatable bonds is 5. The molecule has 3 aromatic rings. The summed E-state index contributed by atoms with van der Waals surface area (Å²) in [7, 11) is 1.67. The van der Waals surface area contributed by atoms with Gasteiger partial charge in [0.15, 0.2) is 11.3 Å². The molecule has 0 saturated carbocycles. The number of benzene rings is 1. The molecule has 0 spiro atoms. The number of aromatic amines is 1. The lowest BCUT2D eigenvalue weighted by atomic mass is 10.1. The molecule has 0 saturated heterocycles. The van der Waals surface area contributed by atoms with Gasteiger partial charge in [-0.3, -0.25) is 5.10 Å². The van der Waals surface area contributed by atoms with Gasteiger partial charge in [0, 0.05) is 6.54 Å². The van der Waals surface area contributed by atoms with Crippen molar-refractivity contribution in [1.29, 1.82) is 0 Å². The molecule has 0 atom stereocenters. The van der Waals surface area contributed by atoms with Crippen LogP contribution in [0.3, 0.4) is 0 Å². The van der Waals surface area contributed by atoms with Crippen LogP contribution in [0.4, 0.5) is 5.82 Å². The quantitative estimate of drug-likeness (QED) is 0.751. The van der Waals surface area contributed by atoms with E-state index in [1.165, 1.54) is 5.56 Å². The largest absolute Gasteiger partial charge is 0.497 e. The second-order valence-corrected chi connectivity index (χ2v) is 4.79. The molecule has 0 fully saturated rings. The topological polar surface area (TPSA) is 75.7 Å². The molecule has 0 unspecified atom stereocenters. The fraction of sp³-hybridized carbons (Fsp3) is 0.267. The van der Waals surface area contributed by atoms with E-state index in [9.17, 15) is 0 Å². The Kier molecular flexibility index (Phi) is 3.68. The van der Waals surface area contributed by atoms with Crippen molar-refractivity contribution in [2.45, 2.75) is 13.3 Å². The molecule has 108 valence electrons. The van der Waals surface area contributed by atoms with Gasteiger partial charge in [-0.25, -0.2) is 9.97 Å². The average molecular weight is 283 g/mol. The zero-order chi connectivity index (χ0) is 14.7. The molecule has 0 amide bonds. The van der Waals surface area contributed by atoms with E-state index in [-0.39, 0.29) is 0 Å². The zero-order valence-electron chi connectivity index (χ0n) is 12.1. The summed E-state index contributed by atoms with van der Waals surface area (Å²) in [4.78, 5) is 8.48. The Morgan fingerprint density at radius 2 is 1.95 bits per heavy atom. The van der Waals surface area contributed by atoms with Crippen molar-refractivity contribution < 1.29 is 4.74 Å². The van der Waals surface area contributed by atoms with Gasteiger partial charge in [-0.1, -0.05) is 12.1 Å². The highest BCUT2D eigenvalue weighted by atomic mass is 16.5. The van der Waals surface area contributed by atoms with Crippen LogP contribution in [0.5, 0.6) is 5.75 Å². The predicted molar refractivity (Wildman–Crippen MR) is 81.6 cm³/mol. The Morgan fingerprint density at radius 3 is 2.71 bits per heavy atom. The van der Waals surface area contributed by atoms with Gasteiger partial charge in [-0.15, -0.1) is 0 Å². The molecule has 6 nitrogen and oxygen atoms in total. The summed E-state index contributed by atoms with van der Waals surface area (Å²) in [6.07, 6.45) is 2.46. The number of methoxy groups -OCH3 is 1. The summed E-state index contributed by atoms with van der Waals surface area (Å²) < 4.78 is 5.15. The Hall–Kier alpha value is -2.63. The molecular weight excluding hydrogens is 266 g/mol. The number of aryl methyl sites for hydroxylation is 1.